The topological polar surface area (TPSA) is 31.9 Å². The molecule has 2 aromatic heterocycles. The largest absolute Gasteiger partial charge is 0.339 e. The number of H-pyrrole nitrogens is 1. The Hall–Kier alpha value is -2.13. The molecule has 0 aliphatic carbocycles. The second-order valence-corrected chi connectivity index (χ2v) is 5.81. The van der Waals surface area contributed by atoms with Crippen molar-refractivity contribution < 1.29 is 0 Å². The van der Waals surface area contributed by atoms with Crippen molar-refractivity contribution >= 4 is 11.0 Å². The third kappa shape index (κ3) is 2.57. The van der Waals surface area contributed by atoms with E-state index in [2.05, 4.69) is 51.3 Å². The molecular weight excluding hydrogens is 258 g/mol. The summed E-state index contributed by atoms with van der Waals surface area (Å²) in [5, 5.41) is 1.16. The molecule has 0 radical (unpaired) electrons. The van der Waals surface area contributed by atoms with Crippen LogP contribution >= 0.6 is 0 Å². The van der Waals surface area contributed by atoms with Crippen LogP contribution in [0.3, 0.4) is 0 Å². The number of fused-ring (bicyclic) bond motifs is 1. The summed E-state index contributed by atoms with van der Waals surface area (Å²) >= 11 is 0. The number of aromatic amines is 1. The van der Waals surface area contributed by atoms with Crippen molar-refractivity contribution in [2.45, 2.75) is 19.4 Å². The van der Waals surface area contributed by atoms with Crippen LogP contribution in [-0.4, -0.2) is 28.0 Å². The van der Waals surface area contributed by atoms with Crippen molar-refractivity contribution in [3.05, 3.63) is 54.2 Å². The number of likely N-dealkylation sites (tertiary alicyclic amines) is 1. The summed E-state index contributed by atoms with van der Waals surface area (Å²) in [6.45, 7) is 3.54. The number of rotatable bonds is 3. The van der Waals surface area contributed by atoms with Gasteiger partial charge in [0.05, 0.1) is 0 Å². The van der Waals surface area contributed by atoms with Crippen LogP contribution in [0.25, 0.3) is 22.3 Å². The Kier molecular flexibility index (Phi) is 3.20. The lowest BCUT2D eigenvalue weighted by Gasteiger charge is -2.14. The van der Waals surface area contributed by atoms with Gasteiger partial charge in [-0.15, -0.1) is 0 Å². The minimum absolute atomic E-state index is 0.956. The third-order valence-corrected chi connectivity index (χ3v) is 4.23. The fourth-order valence-corrected chi connectivity index (χ4v) is 3.15. The summed E-state index contributed by atoms with van der Waals surface area (Å²) in [7, 11) is 0. The van der Waals surface area contributed by atoms with Crippen LogP contribution in [0.15, 0.2) is 48.7 Å². The number of aromatic nitrogens is 2. The Morgan fingerprint density at radius 1 is 1.05 bits per heavy atom. The molecule has 0 bridgehead atoms. The van der Waals surface area contributed by atoms with Gasteiger partial charge in [-0.2, -0.15) is 0 Å². The molecular formula is C18H19N3. The van der Waals surface area contributed by atoms with Crippen molar-refractivity contribution in [3.8, 4) is 11.3 Å². The van der Waals surface area contributed by atoms with E-state index in [9.17, 15) is 0 Å². The van der Waals surface area contributed by atoms with Gasteiger partial charge >= 0.3 is 0 Å². The zero-order valence-corrected chi connectivity index (χ0v) is 12.0. The van der Waals surface area contributed by atoms with Gasteiger partial charge in [-0.05, 0) is 61.3 Å². The minimum Gasteiger partial charge on any atom is -0.339 e. The Morgan fingerprint density at radius 2 is 1.95 bits per heavy atom. The monoisotopic (exact) mass is 277 g/mol. The van der Waals surface area contributed by atoms with Crippen molar-refractivity contribution in [1.29, 1.82) is 0 Å². The summed E-state index contributed by atoms with van der Waals surface area (Å²) in [5.41, 5.74) is 4.73. The molecule has 1 saturated heterocycles. The molecule has 0 spiro atoms. The molecule has 0 unspecified atom stereocenters. The van der Waals surface area contributed by atoms with E-state index in [0.717, 1.165) is 23.3 Å². The lowest BCUT2D eigenvalue weighted by molar-refractivity contribution is 0.331. The molecule has 0 amide bonds. The summed E-state index contributed by atoms with van der Waals surface area (Å²) in [6, 6.07) is 15.1. The summed E-state index contributed by atoms with van der Waals surface area (Å²) in [6.07, 6.45) is 4.51. The highest BCUT2D eigenvalue weighted by atomic mass is 15.1. The SMILES string of the molecule is c1cc(CN2CCCC2)cc(-c2cc3cccnc3[nH]2)c1. The van der Waals surface area contributed by atoms with Crippen molar-refractivity contribution in [2.24, 2.45) is 0 Å². The second kappa shape index (κ2) is 5.34. The third-order valence-electron chi connectivity index (χ3n) is 4.23. The molecule has 3 aromatic rings. The number of pyridine rings is 1. The van der Waals surface area contributed by atoms with Crippen LogP contribution in [-0.2, 0) is 6.54 Å². The van der Waals surface area contributed by atoms with E-state index in [-0.39, 0.29) is 0 Å². The van der Waals surface area contributed by atoms with Gasteiger partial charge < -0.3 is 4.98 Å². The van der Waals surface area contributed by atoms with Gasteiger partial charge in [0.1, 0.15) is 5.65 Å². The molecule has 3 nitrogen and oxygen atoms in total. The van der Waals surface area contributed by atoms with Crippen LogP contribution in [0.1, 0.15) is 18.4 Å². The maximum atomic E-state index is 4.37. The van der Waals surface area contributed by atoms with Gasteiger partial charge in [-0.1, -0.05) is 18.2 Å². The fourth-order valence-electron chi connectivity index (χ4n) is 3.15. The normalized spacial score (nSPS) is 15.8. The van der Waals surface area contributed by atoms with Gasteiger partial charge in [-0.25, -0.2) is 4.98 Å². The van der Waals surface area contributed by atoms with Gasteiger partial charge in [0.15, 0.2) is 0 Å². The highest BCUT2D eigenvalue weighted by Crippen LogP contribution is 2.24. The Bertz CT molecular complexity index is 721. The highest BCUT2D eigenvalue weighted by molar-refractivity contribution is 5.82. The number of hydrogen-bond donors (Lipinski definition) is 1. The smallest absolute Gasteiger partial charge is 0.137 e. The second-order valence-electron chi connectivity index (χ2n) is 5.81. The van der Waals surface area contributed by atoms with Crippen LogP contribution in [0.5, 0.6) is 0 Å². The summed E-state index contributed by atoms with van der Waals surface area (Å²) in [4.78, 5) is 10.3. The van der Waals surface area contributed by atoms with Crippen LogP contribution < -0.4 is 0 Å². The van der Waals surface area contributed by atoms with Crippen molar-refractivity contribution in [1.82, 2.24) is 14.9 Å². The molecule has 1 aromatic carbocycles. The fraction of sp³-hybridized carbons (Fsp3) is 0.278. The van der Waals surface area contributed by atoms with E-state index >= 15 is 0 Å². The van der Waals surface area contributed by atoms with E-state index in [4.69, 9.17) is 0 Å². The number of nitrogens with zero attached hydrogens (tertiary/aromatic N) is 2. The molecule has 106 valence electrons. The van der Waals surface area contributed by atoms with Crippen LogP contribution in [0, 0.1) is 0 Å². The van der Waals surface area contributed by atoms with E-state index in [0.29, 0.717) is 0 Å². The van der Waals surface area contributed by atoms with Crippen LogP contribution in [0.2, 0.25) is 0 Å². The zero-order chi connectivity index (χ0) is 14.1. The lowest BCUT2D eigenvalue weighted by Crippen LogP contribution is -2.18. The molecule has 1 aliphatic heterocycles. The molecule has 21 heavy (non-hydrogen) atoms. The van der Waals surface area contributed by atoms with Gasteiger partial charge in [-0.3, -0.25) is 4.90 Å². The first-order valence-electron chi connectivity index (χ1n) is 7.64. The Balaban J connectivity index is 1.64. The minimum atomic E-state index is 0.956. The first-order chi connectivity index (χ1) is 10.4. The van der Waals surface area contributed by atoms with Gasteiger partial charge in [0, 0.05) is 23.8 Å². The first kappa shape index (κ1) is 12.6. The number of nitrogens with one attached hydrogen (secondary N) is 1. The van der Waals surface area contributed by atoms with Crippen molar-refractivity contribution in [2.75, 3.05) is 13.1 Å². The number of benzene rings is 1. The molecule has 1 aliphatic rings. The molecule has 1 fully saturated rings. The van der Waals surface area contributed by atoms with Gasteiger partial charge in [0.25, 0.3) is 0 Å². The van der Waals surface area contributed by atoms with Gasteiger partial charge in [0.2, 0.25) is 0 Å². The van der Waals surface area contributed by atoms with E-state index in [1.54, 1.807) is 0 Å². The molecule has 3 heteroatoms. The molecule has 3 heterocycles. The molecule has 1 N–H and O–H groups in total. The average molecular weight is 277 g/mol. The quantitative estimate of drug-likeness (QED) is 0.789. The predicted molar refractivity (Wildman–Crippen MR) is 86.0 cm³/mol. The number of hydrogen-bond acceptors (Lipinski definition) is 2. The Labute approximate surface area is 124 Å². The molecule has 4 rings (SSSR count). The highest BCUT2D eigenvalue weighted by Gasteiger charge is 2.12. The molecule has 0 atom stereocenters. The van der Waals surface area contributed by atoms with E-state index in [1.807, 2.05) is 12.3 Å². The standard InChI is InChI=1S/C18H19N3/c1-2-10-21(9-1)13-14-5-3-6-15(11-14)17-12-16-7-4-8-19-18(16)20-17/h3-8,11-12H,1-2,9-10,13H2,(H,19,20). The first-order valence-corrected chi connectivity index (χ1v) is 7.64. The summed E-state index contributed by atoms with van der Waals surface area (Å²) in [5.74, 6) is 0. The van der Waals surface area contributed by atoms with Crippen LogP contribution in [0.4, 0.5) is 0 Å². The van der Waals surface area contributed by atoms with E-state index < -0.39 is 0 Å². The average Bonchev–Trinajstić information content (AvgIpc) is 3.16. The van der Waals surface area contributed by atoms with E-state index in [1.165, 1.54) is 37.1 Å². The maximum absolute atomic E-state index is 4.37. The molecule has 0 saturated carbocycles. The summed E-state index contributed by atoms with van der Waals surface area (Å²) < 4.78 is 0. The predicted octanol–water partition coefficient (Wildman–Crippen LogP) is 3.83. The maximum Gasteiger partial charge on any atom is 0.137 e. The zero-order valence-electron chi connectivity index (χ0n) is 12.0. The van der Waals surface area contributed by atoms with Crippen molar-refractivity contribution in [3.63, 3.8) is 0 Å². The Morgan fingerprint density at radius 3 is 2.81 bits per heavy atom. The lowest BCUT2D eigenvalue weighted by atomic mass is 10.1.